The molecule has 0 aliphatic heterocycles. The number of pyridine rings is 2. The number of para-hydroxylation sites is 1. The van der Waals surface area contributed by atoms with Gasteiger partial charge in [-0.05, 0) is 53.6 Å². The topological polar surface area (TPSA) is 67.4 Å². The van der Waals surface area contributed by atoms with Crippen molar-refractivity contribution < 1.29 is 9.53 Å². The minimum absolute atomic E-state index is 0.0433. The van der Waals surface area contributed by atoms with Gasteiger partial charge in [-0.2, -0.15) is 0 Å². The summed E-state index contributed by atoms with van der Waals surface area (Å²) >= 11 is 0. The fourth-order valence-corrected chi connectivity index (χ4v) is 3.36. The third-order valence-electron chi connectivity index (χ3n) is 5.08. The van der Waals surface area contributed by atoms with Crippen LogP contribution in [0.15, 0.2) is 104 Å². The average molecular weight is 439 g/mol. The van der Waals surface area contributed by atoms with E-state index in [2.05, 4.69) is 15.3 Å². The molecule has 2 heterocycles. The lowest BCUT2D eigenvalue weighted by Crippen LogP contribution is -2.36. The third kappa shape index (κ3) is 6.90. The number of nitrogens with zero attached hydrogens (tertiary/aromatic N) is 3. The van der Waals surface area contributed by atoms with Crippen molar-refractivity contribution in [3.8, 4) is 5.75 Å². The minimum Gasteiger partial charge on any atom is -0.487 e. The first kappa shape index (κ1) is 22.0. The number of hydrogen-bond acceptors (Lipinski definition) is 5. The number of anilines is 1. The van der Waals surface area contributed by atoms with Gasteiger partial charge in [0.1, 0.15) is 12.4 Å². The molecule has 0 radical (unpaired) electrons. The van der Waals surface area contributed by atoms with Crippen molar-refractivity contribution in [2.45, 2.75) is 19.7 Å². The first-order chi connectivity index (χ1) is 16.3. The summed E-state index contributed by atoms with van der Waals surface area (Å²) in [6.07, 6.45) is 5.32. The summed E-state index contributed by atoms with van der Waals surface area (Å²) in [5.74, 6) is 0.723. The highest BCUT2D eigenvalue weighted by Gasteiger charge is 2.12. The van der Waals surface area contributed by atoms with Crippen LogP contribution in [-0.2, 0) is 24.5 Å². The Morgan fingerprint density at radius 1 is 0.848 bits per heavy atom. The smallest absolute Gasteiger partial charge is 0.239 e. The summed E-state index contributed by atoms with van der Waals surface area (Å²) in [6, 6.07) is 27.3. The number of rotatable bonds is 10. The van der Waals surface area contributed by atoms with Gasteiger partial charge in [-0.1, -0.05) is 42.5 Å². The molecule has 0 saturated heterocycles. The molecule has 33 heavy (non-hydrogen) atoms. The fourth-order valence-electron chi connectivity index (χ4n) is 3.36. The zero-order chi connectivity index (χ0) is 22.7. The molecule has 6 heteroatoms. The normalized spacial score (nSPS) is 10.4. The monoisotopic (exact) mass is 438 g/mol. The number of nitrogens with one attached hydrogen (secondary N) is 1. The molecule has 0 saturated carbocycles. The Hall–Kier alpha value is -4.19. The second kappa shape index (κ2) is 11.4. The van der Waals surface area contributed by atoms with Crippen LogP contribution in [0.4, 0.5) is 5.69 Å². The zero-order valence-corrected chi connectivity index (χ0v) is 18.3. The van der Waals surface area contributed by atoms with Crippen LogP contribution in [0.1, 0.15) is 16.8 Å². The number of ether oxygens (including phenoxy) is 1. The number of carbonyl (C=O) groups is 1. The molecule has 0 aliphatic carbocycles. The van der Waals surface area contributed by atoms with E-state index in [1.807, 2.05) is 96.0 Å². The molecule has 4 aromatic rings. The Kier molecular flexibility index (Phi) is 7.63. The largest absolute Gasteiger partial charge is 0.487 e. The van der Waals surface area contributed by atoms with E-state index in [1.165, 1.54) is 0 Å². The number of amides is 1. The van der Waals surface area contributed by atoms with E-state index in [9.17, 15) is 4.79 Å². The van der Waals surface area contributed by atoms with Gasteiger partial charge in [0.05, 0.1) is 12.2 Å². The van der Waals surface area contributed by atoms with Gasteiger partial charge in [0, 0.05) is 37.4 Å². The highest BCUT2D eigenvalue weighted by atomic mass is 16.5. The molecule has 2 aromatic heterocycles. The van der Waals surface area contributed by atoms with Crippen molar-refractivity contribution in [2.24, 2.45) is 0 Å². The summed E-state index contributed by atoms with van der Waals surface area (Å²) in [7, 11) is 0. The molecular formula is C27H26N4O2. The molecule has 6 nitrogen and oxygen atoms in total. The maximum atomic E-state index is 12.7. The third-order valence-corrected chi connectivity index (χ3v) is 5.08. The van der Waals surface area contributed by atoms with Gasteiger partial charge in [0.15, 0.2) is 0 Å². The van der Waals surface area contributed by atoms with Gasteiger partial charge in [-0.3, -0.25) is 14.8 Å². The van der Waals surface area contributed by atoms with Gasteiger partial charge in [0.2, 0.25) is 5.91 Å². The molecule has 0 spiro atoms. The molecule has 1 N–H and O–H groups in total. The van der Waals surface area contributed by atoms with Gasteiger partial charge in [-0.25, -0.2) is 0 Å². The molecule has 166 valence electrons. The van der Waals surface area contributed by atoms with Gasteiger partial charge < -0.3 is 15.0 Å². The van der Waals surface area contributed by atoms with Crippen LogP contribution < -0.4 is 15.0 Å². The molecule has 0 unspecified atom stereocenters. The van der Waals surface area contributed by atoms with Crippen molar-refractivity contribution in [1.29, 1.82) is 0 Å². The molecule has 0 bridgehead atoms. The van der Waals surface area contributed by atoms with Gasteiger partial charge >= 0.3 is 0 Å². The van der Waals surface area contributed by atoms with Gasteiger partial charge in [0.25, 0.3) is 0 Å². The van der Waals surface area contributed by atoms with Crippen LogP contribution in [0.2, 0.25) is 0 Å². The van der Waals surface area contributed by atoms with Crippen LogP contribution in [0.25, 0.3) is 0 Å². The number of benzene rings is 2. The second-order valence-electron chi connectivity index (χ2n) is 7.58. The van der Waals surface area contributed by atoms with Crippen LogP contribution in [0.5, 0.6) is 5.75 Å². The summed E-state index contributed by atoms with van der Waals surface area (Å²) in [6.45, 7) is 1.73. The Labute approximate surface area is 193 Å². The zero-order valence-electron chi connectivity index (χ0n) is 18.3. The quantitative estimate of drug-likeness (QED) is 0.398. The second-order valence-corrected chi connectivity index (χ2v) is 7.58. The highest BCUT2D eigenvalue weighted by molar-refractivity contribution is 5.81. The van der Waals surface area contributed by atoms with Crippen molar-refractivity contribution in [2.75, 3.05) is 11.4 Å². The lowest BCUT2D eigenvalue weighted by molar-refractivity contribution is -0.119. The number of hydrogen-bond donors (Lipinski definition) is 1. The molecule has 2 aromatic carbocycles. The maximum Gasteiger partial charge on any atom is 0.239 e. The van der Waals surface area contributed by atoms with E-state index in [0.717, 1.165) is 28.3 Å². The van der Waals surface area contributed by atoms with E-state index >= 15 is 0 Å². The predicted molar refractivity (Wildman–Crippen MR) is 129 cm³/mol. The molecule has 4 rings (SSSR count). The summed E-state index contributed by atoms with van der Waals surface area (Å²) in [5.41, 5.74) is 3.93. The molecule has 0 aliphatic rings. The van der Waals surface area contributed by atoms with Crippen molar-refractivity contribution in [3.05, 3.63) is 120 Å². The molecule has 0 atom stereocenters. The average Bonchev–Trinajstić information content (AvgIpc) is 2.88. The molecular weight excluding hydrogens is 412 g/mol. The Bertz CT molecular complexity index is 1120. The Morgan fingerprint density at radius 2 is 1.67 bits per heavy atom. The van der Waals surface area contributed by atoms with Crippen molar-refractivity contribution in [1.82, 2.24) is 15.3 Å². The lowest BCUT2D eigenvalue weighted by Gasteiger charge is -2.24. The van der Waals surface area contributed by atoms with Crippen LogP contribution in [0, 0.1) is 0 Å². The predicted octanol–water partition coefficient (Wildman–Crippen LogP) is 4.38. The maximum absolute atomic E-state index is 12.7. The summed E-state index contributed by atoms with van der Waals surface area (Å²) < 4.78 is 5.77. The van der Waals surface area contributed by atoms with E-state index in [-0.39, 0.29) is 12.5 Å². The number of aromatic nitrogens is 2. The van der Waals surface area contributed by atoms with Gasteiger partial charge in [-0.15, -0.1) is 0 Å². The highest BCUT2D eigenvalue weighted by Crippen LogP contribution is 2.17. The van der Waals surface area contributed by atoms with Crippen LogP contribution in [-0.4, -0.2) is 22.4 Å². The fraction of sp³-hybridized carbons (Fsp3) is 0.148. The lowest BCUT2D eigenvalue weighted by atomic mass is 10.2. The first-order valence-corrected chi connectivity index (χ1v) is 10.8. The number of carbonyl (C=O) groups excluding carboxylic acids is 1. The van der Waals surface area contributed by atoms with Crippen LogP contribution in [0.3, 0.4) is 0 Å². The van der Waals surface area contributed by atoms with E-state index in [4.69, 9.17) is 4.74 Å². The molecule has 1 amide bonds. The van der Waals surface area contributed by atoms with E-state index in [0.29, 0.717) is 19.7 Å². The van der Waals surface area contributed by atoms with Crippen molar-refractivity contribution in [3.63, 3.8) is 0 Å². The van der Waals surface area contributed by atoms with Crippen LogP contribution >= 0.6 is 0 Å². The summed E-state index contributed by atoms with van der Waals surface area (Å²) in [4.78, 5) is 23.2. The van der Waals surface area contributed by atoms with E-state index < -0.39 is 0 Å². The summed E-state index contributed by atoms with van der Waals surface area (Å²) in [5, 5.41) is 3.02. The Morgan fingerprint density at radius 3 is 2.39 bits per heavy atom. The minimum atomic E-state index is -0.0433. The first-order valence-electron chi connectivity index (χ1n) is 10.8. The van der Waals surface area contributed by atoms with Crippen molar-refractivity contribution >= 4 is 11.6 Å². The SMILES string of the molecule is O=C(CN(Cc1cccnc1)c1ccccc1)NCc1ccc(OCc2ccccn2)cc1. The molecule has 0 fully saturated rings. The van der Waals surface area contributed by atoms with E-state index in [1.54, 1.807) is 12.4 Å². The Balaban J connectivity index is 1.30. The standard InChI is InChI=1S/C27H26N4O2/c32-27(20-31(25-9-2-1-3-10-25)19-23-7-6-15-28-17-23)30-18-22-11-13-26(14-12-22)33-21-24-8-4-5-16-29-24/h1-17H,18-21H2,(H,30,32).